The molecule has 24 heavy (non-hydrogen) atoms. The smallest absolute Gasteiger partial charge is 0.135 e. The molecule has 2 N–H and O–H groups in total. The third kappa shape index (κ3) is 3.83. The molecular formula is C18H18F2N4. The number of aromatic nitrogens is 3. The van der Waals surface area contributed by atoms with E-state index in [0.717, 1.165) is 23.6 Å². The molecule has 0 aliphatic rings. The lowest BCUT2D eigenvalue weighted by molar-refractivity contribution is 0.545. The van der Waals surface area contributed by atoms with Crippen LogP contribution in [0, 0.1) is 11.6 Å². The maximum atomic E-state index is 14.0. The van der Waals surface area contributed by atoms with E-state index in [1.807, 2.05) is 18.3 Å². The summed E-state index contributed by atoms with van der Waals surface area (Å²) in [7, 11) is 0. The minimum absolute atomic E-state index is 0.218. The number of nitrogens with zero attached hydrogens (tertiary/aromatic N) is 2. The first kappa shape index (κ1) is 16.3. The molecule has 0 saturated carbocycles. The molecule has 2 aromatic heterocycles. The highest BCUT2D eigenvalue weighted by atomic mass is 19.1. The number of nitrogens with one attached hydrogen (secondary N) is 2. The van der Waals surface area contributed by atoms with Gasteiger partial charge in [0, 0.05) is 42.2 Å². The zero-order valence-corrected chi connectivity index (χ0v) is 13.3. The Kier molecular flexibility index (Phi) is 4.96. The van der Waals surface area contributed by atoms with E-state index in [1.165, 1.54) is 12.1 Å². The van der Waals surface area contributed by atoms with Crippen molar-refractivity contribution < 1.29 is 8.78 Å². The average Bonchev–Trinajstić information content (AvgIpc) is 3.02. The second-order valence-corrected chi connectivity index (χ2v) is 5.74. The zero-order chi connectivity index (χ0) is 16.9. The maximum absolute atomic E-state index is 14.0. The van der Waals surface area contributed by atoms with E-state index in [-0.39, 0.29) is 6.04 Å². The van der Waals surface area contributed by atoms with Crippen molar-refractivity contribution in [3.8, 4) is 11.3 Å². The minimum atomic E-state index is -0.607. The monoisotopic (exact) mass is 328 g/mol. The average molecular weight is 328 g/mol. The summed E-state index contributed by atoms with van der Waals surface area (Å²) in [6, 6.07) is 7.69. The summed E-state index contributed by atoms with van der Waals surface area (Å²) in [5.41, 5.74) is 2.85. The summed E-state index contributed by atoms with van der Waals surface area (Å²) in [5.74, 6) is -1.20. The molecule has 0 saturated heterocycles. The van der Waals surface area contributed by atoms with Crippen molar-refractivity contribution in [3.63, 3.8) is 0 Å². The molecule has 4 nitrogen and oxygen atoms in total. The van der Waals surface area contributed by atoms with Crippen LogP contribution in [0.1, 0.15) is 18.1 Å². The van der Waals surface area contributed by atoms with E-state index in [9.17, 15) is 8.78 Å². The fourth-order valence-corrected chi connectivity index (χ4v) is 2.60. The molecule has 6 heteroatoms. The first-order valence-electron chi connectivity index (χ1n) is 7.73. The highest BCUT2D eigenvalue weighted by Crippen LogP contribution is 2.24. The first-order valence-corrected chi connectivity index (χ1v) is 7.73. The molecule has 1 unspecified atom stereocenters. The first-order chi connectivity index (χ1) is 11.6. The number of pyridine rings is 1. The van der Waals surface area contributed by atoms with Gasteiger partial charge in [0.1, 0.15) is 11.6 Å². The van der Waals surface area contributed by atoms with Crippen molar-refractivity contribution in [3.05, 3.63) is 71.7 Å². The van der Waals surface area contributed by atoms with Crippen LogP contribution in [0.15, 0.2) is 48.9 Å². The highest BCUT2D eigenvalue weighted by Gasteiger charge is 2.13. The van der Waals surface area contributed by atoms with Crippen LogP contribution in [-0.2, 0) is 13.0 Å². The van der Waals surface area contributed by atoms with Gasteiger partial charge in [0.2, 0.25) is 0 Å². The third-order valence-electron chi connectivity index (χ3n) is 3.82. The molecule has 0 amide bonds. The van der Waals surface area contributed by atoms with Gasteiger partial charge >= 0.3 is 0 Å². The normalized spacial score (nSPS) is 12.3. The Morgan fingerprint density at radius 1 is 1.21 bits per heavy atom. The van der Waals surface area contributed by atoms with Gasteiger partial charge in [-0.25, -0.2) is 8.78 Å². The van der Waals surface area contributed by atoms with Crippen LogP contribution in [0.4, 0.5) is 8.78 Å². The second kappa shape index (κ2) is 7.31. The van der Waals surface area contributed by atoms with Crippen LogP contribution < -0.4 is 5.32 Å². The second-order valence-electron chi connectivity index (χ2n) is 5.74. The lowest BCUT2D eigenvalue weighted by Crippen LogP contribution is -2.27. The van der Waals surface area contributed by atoms with Crippen LogP contribution in [0.2, 0.25) is 0 Å². The zero-order valence-electron chi connectivity index (χ0n) is 13.3. The van der Waals surface area contributed by atoms with Crippen LogP contribution in [-0.4, -0.2) is 21.2 Å². The van der Waals surface area contributed by atoms with Crippen molar-refractivity contribution in [2.24, 2.45) is 0 Å². The van der Waals surface area contributed by atoms with Gasteiger partial charge in [-0.05, 0) is 37.1 Å². The fraction of sp³-hybridized carbons (Fsp3) is 0.222. The van der Waals surface area contributed by atoms with Gasteiger partial charge < -0.3 is 5.32 Å². The number of hydrogen-bond donors (Lipinski definition) is 2. The van der Waals surface area contributed by atoms with E-state index < -0.39 is 11.6 Å². The molecule has 2 heterocycles. The Labute approximate surface area is 139 Å². The molecule has 124 valence electrons. The van der Waals surface area contributed by atoms with E-state index in [4.69, 9.17) is 0 Å². The van der Waals surface area contributed by atoms with Crippen LogP contribution >= 0.6 is 0 Å². The molecule has 0 aliphatic heterocycles. The van der Waals surface area contributed by atoms with E-state index in [2.05, 4.69) is 27.4 Å². The van der Waals surface area contributed by atoms with Crippen molar-refractivity contribution in [1.29, 1.82) is 0 Å². The Morgan fingerprint density at radius 3 is 2.83 bits per heavy atom. The van der Waals surface area contributed by atoms with E-state index >= 15 is 0 Å². The van der Waals surface area contributed by atoms with Gasteiger partial charge in [-0.15, -0.1) is 0 Å². The summed E-state index contributed by atoms with van der Waals surface area (Å²) < 4.78 is 27.0. The van der Waals surface area contributed by atoms with Gasteiger partial charge in [0.15, 0.2) is 0 Å². The molecule has 1 aromatic carbocycles. The maximum Gasteiger partial charge on any atom is 0.135 e. The Balaban J connectivity index is 1.67. The highest BCUT2D eigenvalue weighted by molar-refractivity contribution is 5.63. The summed E-state index contributed by atoms with van der Waals surface area (Å²) in [6.45, 7) is 2.61. The number of benzene rings is 1. The lowest BCUT2D eigenvalue weighted by atomic mass is 10.1. The van der Waals surface area contributed by atoms with Gasteiger partial charge in [-0.3, -0.25) is 10.1 Å². The molecule has 0 spiro atoms. The Bertz CT molecular complexity index is 802. The van der Waals surface area contributed by atoms with Gasteiger partial charge in [0.05, 0.1) is 11.9 Å². The summed E-state index contributed by atoms with van der Waals surface area (Å²) in [6.07, 6.45) is 6.08. The van der Waals surface area contributed by atoms with Crippen molar-refractivity contribution in [2.45, 2.75) is 25.9 Å². The van der Waals surface area contributed by atoms with E-state index in [0.29, 0.717) is 17.8 Å². The molecule has 3 aromatic rings. The molecule has 3 rings (SSSR count). The standard InChI is InChI=1S/C18H18F2N4/c1-12(7-13-3-2-6-21-9-13)22-10-14-11-23-24-18(14)16-5-4-15(19)8-17(16)20/h2-6,8-9,11-12,22H,7,10H2,1H3,(H,23,24). The Morgan fingerprint density at radius 2 is 2.08 bits per heavy atom. The summed E-state index contributed by atoms with van der Waals surface area (Å²) >= 11 is 0. The predicted octanol–water partition coefficient (Wildman–Crippen LogP) is 3.47. The number of aromatic amines is 1. The Hall–Kier alpha value is -2.60. The largest absolute Gasteiger partial charge is 0.310 e. The molecule has 0 bridgehead atoms. The quantitative estimate of drug-likeness (QED) is 0.728. The lowest BCUT2D eigenvalue weighted by Gasteiger charge is -2.14. The number of H-pyrrole nitrogens is 1. The van der Waals surface area contributed by atoms with Crippen molar-refractivity contribution in [2.75, 3.05) is 0 Å². The number of hydrogen-bond acceptors (Lipinski definition) is 3. The van der Waals surface area contributed by atoms with Crippen LogP contribution in [0.5, 0.6) is 0 Å². The molecular weight excluding hydrogens is 310 g/mol. The molecule has 0 fully saturated rings. The van der Waals surface area contributed by atoms with Gasteiger partial charge in [-0.1, -0.05) is 6.07 Å². The predicted molar refractivity (Wildman–Crippen MR) is 88.2 cm³/mol. The van der Waals surface area contributed by atoms with Crippen molar-refractivity contribution in [1.82, 2.24) is 20.5 Å². The topological polar surface area (TPSA) is 53.6 Å². The fourth-order valence-electron chi connectivity index (χ4n) is 2.60. The number of halogens is 2. The molecule has 0 aliphatic carbocycles. The molecule has 1 atom stereocenters. The number of rotatable bonds is 6. The van der Waals surface area contributed by atoms with E-state index in [1.54, 1.807) is 12.4 Å². The SMILES string of the molecule is CC(Cc1cccnc1)NCc1cn[nH]c1-c1ccc(F)cc1F. The summed E-state index contributed by atoms with van der Waals surface area (Å²) in [5, 5.41) is 10.2. The van der Waals surface area contributed by atoms with Gasteiger partial charge in [-0.2, -0.15) is 5.10 Å². The van der Waals surface area contributed by atoms with Gasteiger partial charge in [0.25, 0.3) is 0 Å². The van der Waals surface area contributed by atoms with Crippen LogP contribution in [0.25, 0.3) is 11.3 Å². The van der Waals surface area contributed by atoms with Crippen molar-refractivity contribution >= 4 is 0 Å². The third-order valence-corrected chi connectivity index (χ3v) is 3.82. The minimum Gasteiger partial charge on any atom is -0.310 e. The summed E-state index contributed by atoms with van der Waals surface area (Å²) in [4.78, 5) is 4.10. The molecule has 0 radical (unpaired) electrons. The van der Waals surface area contributed by atoms with Crippen LogP contribution in [0.3, 0.4) is 0 Å².